The SMILES string of the molecule is CCCCC1=NC(Cc2ccc(-c3ccccc3-c3nn[nH]n3)cc2)(C(F)(F)CCC)NN1. The van der Waals surface area contributed by atoms with Gasteiger partial charge in [0.25, 0.3) is 5.92 Å². The van der Waals surface area contributed by atoms with Gasteiger partial charge in [-0.3, -0.25) is 0 Å². The topological polar surface area (TPSA) is 90.9 Å². The molecule has 1 aliphatic heterocycles. The van der Waals surface area contributed by atoms with Crippen molar-refractivity contribution in [3.8, 4) is 22.5 Å². The zero-order chi connectivity index (χ0) is 23.3. The van der Waals surface area contributed by atoms with Gasteiger partial charge < -0.3 is 5.43 Å². The highest BCUT2D eigenvalue weighted by Gasteiger charge is 2.55. The van der Waals surface area contributed by atoms with Crippen LogP contribution in [0.15, 0.2) is 53.5 Å². The lowest BCUT2D eigenvalue weighted by atomic mass is 9.90. The van der Waals surface area contributed by atoms with Crippen LogP contribution < -0.4 is 10.9 Å². The quantitative estimate of drug-likeness (QED) is 0.406. The van der Waals surface area contributed by atoms with Gasteiger partial charge in [0, 0.05) is 24.8 Å². The standard InChI is InChI=1S/C24H29F2N7/c1-3-5-10-21-27-24(31-28-21,23(25,26)15-4-2)16-17-11-13-18(14-12-17)19-8-6-7-9-20(19)22-29-32-33-30-22/h6-9,11-14,31H,3-5,10,15-16H2,1-2H3,(H,27,28)(H,29,30,32,33). The highest BCUT2D eigenvalue weighted by atomic mass is 19.3. The van der Waals surface area contributed by atoms with Crippen LogP contribution in [0.1, 0.15) is 51.5 Å². The fourth-order valence-electron chi connectivity index (χ4n) is 4.13. The number of nitrogens with one attached hydrogen (secondary N) is 3. The molecule has 174 valence electrons. The Morgan fingerprint density at radius 1 is 0.970 bits per heavy atom. The number of alkyl halides is 2. The molecule has 0 spiro atoms. The Balaban J connectivity index is 1.62. The number of hydrogen-bond donors (Lipinski definition) is 3. The van der Waals surface area contributed by atoms with E-state index in [1.165, 1.54) is 0 Å². The van der Waals surface area contributed by atoms with Gasteiger partial charge in [0.2, 0.25) is 5.82 Å². The van der Waals surface area contributed by atoms with E-state index in [2.05, 4.69) is 43.4 Å². The number of aromatic amines is 1. The van der Waals surface area contributed by atoms with Crippen LogP contribution in [0, 0.1) is 0 Å². The van der Waals surface area contributed by atoms with Crippen molar-refractivity contribution in [1.29, 1.82) is 0 Å². The van der Waals surface area contributed by atoms with E-state index in [1.54, 1.807) is 6.92 Å². The van der Waals surface area contributed by atoms with Crippen molar-refractivity contribution in [3.05, 3.63) is 54.1 Å². The predicted molar refractivity (Wildman–Crippen MR) is 125 cm³/mol. The van der Waals surface area contributed by atoms with Crippen LogP contribution in [0.3, 0.4) is 0 Å². The van der Waals surface area contributed by atoms with Crippen molar-refractivity contribution in [2.75, 3.05) is 0 Å². The number of aromatic nitrogens is 4. The molecule has 0 aliphatic carbocycles. The summed E-state index contributed by atoms with van der Waals surface area (Å²) in [5.41, 5.74) is 7.58. The monoisotopic (exact) mass is 453 g/mol. The number of benzene rings is 2. The first kappa shape index (κ1) is 23.0. The minimum atomic E-state index is -2.99. The molecule has 1 aliphatic rings. The molecule has 0 saturated carbocycles. The van der Waals surface area contributed by atoms with Gasteiger partial charge in [-0.05, 0) is 28.3 Å². The summed E-state index contributed by atoms with van der Waals surface area (Å²) in [4.78, 5) is 4.49. The summed E-state index contributed by atoms with van der Waals surface area (Å²) in [7, 11) is 0. The third-order valence-electron chi connectivity index (χ3n) is 5.91. The number of rotatable bonds is 10. The molecule has 3 aromatic rings. The Kier molecular flexibility index (Phi) is 6.78. The van der Waals surface area contributed by atoms with Crippen molar-refractivity contribution in [2.45, 2.75) is 64.0 Å². The number of hydrazine groups is 1. The number of nitrogens with zero attached hydrogens (tertiary/aromatic N) is 4. The van der Waals surface area contributed by atoms with E-state index in [0.29, 0.717) is 24.5 Å². The summed E-state index contributed by atoms with van der Waals surface area (Å²) in [6.45, 7) is 3.84. The van der Waals surface area contributed by atoms with Crippen molar-refractivity contribution in [1.82, 2.24) is 31.5 Å². The lowest BCUT2D eigenvalue weighted by Crippen LogP contribution is -2.59. The zero-order valence-corrected chi connectivity index (χ0v) is 18.9. The van der Waals surface area contributed by atoms with E-state index in [9.17, 15) is 0 Å². The number of unbranched alkanes of at least 4 members (excludes halogenated alkanes) is 1. The first-order valence-corrected chi connectivity index (χ1v) is 11.4. The molecule has 4 rings (SSSR count). The van der Waals surface area contributed by atoms with Crippen molar-refractivity contribution < 1.29 is 8.78 Å². The molecule has 7 nitrogen and oxygen atoms in total. The molecule has 9 heteroatoms. The summed E-state index contributed by atoms with van der Waals surface area (Å²) in [6, 6.07) is 15.4. The largest absolute Gasteiger partial charge is 0.307 e. The number of tetrazole rings is 1. The summed E-state index contributed by atoms with van der Waals surface area (Å²) < 4.78 is 30.6. The van der Waals surface area contributed by atoms with Crippen LogP contribution >= 0.6 is 0 Å². The Labute approximate surface area is 192 Å². The van der Waals surface area contributed by atoms with Crippen molar-refractivity contribution in [2.24, 2.45) is 4.99 Å². The van der Waals surface area contributed by atoms with E-state index in [0.717, 1.165) is 35.1 Å². The molecule has 0 amide bonds. The van der Waals surface area contributed by atoms with Gasteiger partial charge in [0.05, 0.1) is 0 Å². The van der Waals surface area contributed by atoms with Crippen LogP contribution in [0.25, 0.3) is 22.5 Å². The second-order valence-electron chi connectivity index (χ2n) is 8.38. The van der Waals surface area contributed by atoms with E-state index < -0.39 is 11.6 Å². The van der Waals surface area contributed by atoms with Crippen LogP contribution in [0.2, 0.25) is 0 Å². The molecular weight excluding hydrogens is 424 g/mol. The molecule has 2 heterocycles. The number of halogens is 2. The van der Waals surface area contributed by atoms with Gasteiger partial charge in [0.15, 0.2) is 5.66 Å². The van der Waals surface area contributed by atoms with E-state index in [4.69, 9.17) is 0 Å². The molecule has 3 N–H and O–H groups in total. The van der Waals surface area contributed by atoms with E-state index >= 15 is 8.78 Å². The molecule has 33 heavy (non-hydrogen) atoms. The Bertz CT molecular complexity index is 1080. The van der Waals surface area contributed by atoms with Crippen LogP contribution in [0.4, 0.5) is 8.78 Å². The van der Waals surface area contributed by atoms with Crippen LogP contribution in [-0.2, 0) is 6.42 Å². The fraction of sp³-hybridized carbons (Fsp3) is 0.417. The second-order valence-corrected chi connectivity index (χ2v) is 8.38. The van der Waals surface area contributed by atoms with E-state index in [-0.39, 0.29) is 12.8 Å². The van der Waals surface area contributed by atoms with Crippen LogP contribution in [0.5, 0.6) is 0 Å². The lowest BCUT2D eigenvalue weighted by Gasteiger charge is -2.34. The minimum absolute atomic E-state index is 0.0788. The molecule has 1 unspecified atom stereocenters. The number of hydrogen-bond acceptors (Lipinski definition) is 6. The Morgan fingerprint density at radius 3 is 2.39 bits per heavy atom. The average molecular weight is 454 g/mol. The first-order chi connectivity index (χ1) is 16.0. The molecule has 2 aromatic carbocycles. The smallest absolute Gasteiger partial charge is 0.287 e. The molecule has 0 radical (unpaired) electrons. The number of H-pyrrole nitrogens is 1. The molecule has 0 saturated heterocycles. The first-order valence-electron chi connectivity index (χ1n) is 11.4. The van der Waals surface area contributed by atoms with Gasteiger partial charge in [0.1, 0.15) is 5.84 Å². The maximum absolute atomic E-state index is 15.3. The summed E-state index contributed by atoms with van der Waals surface area (Å²) in [6.07, 6.45) is 2.75. The highest BCUT2D eigenvalue weighted by Crippen LogP contribution is 2.39. The van der Waals surface area contributed by atoms with Crippen LogP contribution in [-0.4, -0.2) is 38.0 Å². The van der Waals surface area contributed by atoms with Crippen molar-refractivity contribution >= 4 is 5.84 Å². The fourth-order valence-corrected chi connectivity index (χ4v) is 4.13. The summed E-state index contributed by atoms with van der Waals surface area (Å²) >= 11 is 0. The maximum Gasteiger partial charge on any atom is 0.287 e. The summed E-state index contributed by atoms with van der Waals surface area (Å²) in [5, 5.41) is 14.3. The average Bonchev–Trinajstić information content (AvgIpc) is 3.50. The third-order valence-corrected chi connectivity index (χ3v) is 5.91. The minimum Gasteiger partial charge on any atom is -0.307 e. The zero-order valence-electron chi connectivity index (χ0n) is 18.9. The molecular formula is C24H29F2N7. The van der Waals surface area contributed by atoms with Gasteiger partial charge >= 0.3 is 0 Å². The molecule has 0 bridgehead atoms. The summed E-state index contributed by atoms with van der Waals surface area (Å²) in [5.74, 6) is -1.90. The van der Waals surface area contributed by atoms with Gasteiger partial charge in [-0.2, -0.15) is 5.21 Å². The molecule has 1 aromatic heterocycles. The normalized spacial score (nSPS) is 18.2. The lowest BCUT2D eigenvalue weighted by molar-refractivity contribution is -0.0925. The maximum atomic E-state index is 15.3. The Morgan fingerprint density at radius 2 is 1.73 bits per heavy atom. The van der Waals surface area contributed by atoms with Gasteiger partial charge in [-0.15, -0.1) is 10.2 Å². The van der Waals surface area contributed by atoms with Crippen molar-refractivity contribution in [3.63, 3.8) is 0 Å². The Hall–Kier alpha value is -3.20. The third kappa shape index (κ3) is 4.78. The second kappa shape index (κ2) is 9.74. The number of amidine groups is 1. The van der Waals surface area contributed by atoms with Gasteiger partial charge in [-0.25, -0.2) is 19.2 Å². The van der Waals surface area contributed by atoms with E-state index in [1.807, 2.05) is 48.5 Å². The molecule has 0 fully saturated rings. The van der Waals surface area contributed by atoms with Gasteiger partial charge in [-0.1, -0.05) is 75.2 Å². The molecule has 1 atom stereocenters. The number of aliphatic imine (C=N–C) groups is 1. The predicted octanol–water partition coefficient (Wildman–Crippen LogP) is 4.90. The highest BCUT2D eigenvalue weighted by molar-refractivity contribution is 5.84.